The van der Waals surface area contributed by atoms with Crippen molar-refractivity contribution < 1.29 is 14.6 Å². The molecule has 1 N–H and O–H groups in total. The first-order chi connectivity index (χ1) is 14.6. The highest BCUT2D eigenvalue weighted by Crippen LogP contribution is 2.38. The summed E-state index contributed by atoms with van der Waals surface area (Å²) in [6.07, 6.45) is 0.537. The molecule has 4 aromatic rings. The number of benzene rings is 3. The molecule has 0 bridgehead atoms. The molecule has 0 saturated carbocycles. The van der Waals surface area contributed by atoms with E-state index in [-0.39, 0.29) is 12.2 Å². The molecule has 148 valence electrons. The van der Waals surface area contributed by atoms with Gasteiger partial charge in [0.1, 0.15) is 6.61 Å². The summed E-state index contributed by atoms with van der Waals surface area (Å²) >= 11 is 0. The minimum Gasteiger partial charge on any atom is -0.480 e. The molecule has 1 aliphatic rings. The van der Waals surface area contributed by atoms with E-state index in [9.17, 15) is 14.7 Å². The summed E-state index contributed by atoms with van der Waals surface area (Å²) < 4.78 is 7.05. The van der Waals surface area contributed by atoms with Crippen LogP contribution in [0.5, 0.6) is 5.88 Å². The second-order valence-corrected chi connectivity index (χ2v) is 7.40. The van der Waals surface area contributed by atoms with Crippen molar-refractivity contribution in [1.82, 2.24) is 4.57 Å². The van der Waals surface area contributed by atoms with Crippen molar-refractivity contribution in [1.29, 1.82) is 0 Å². The molecule has 0 unspecified atom stereocenters. The third-order valence-corrected chi connectivity index (χ3v) is 5.59. The highest BCUT2D eigenvalue weighted by molar-refractivity contribution is 5.86. The van der Waals surface area contributed by atoms with E-state index < -0.39 is 12.0 Å². The standard InChI is InChI=1S/C25H19NO4/c27-22-14-19(13-18-11-6-10-16-7-4-5-12-20(16)18)23(17-8-2-1-3-9-17)24-26(22)21(15-30-24)25(28)29/h1-12,14,21H,13,15H2,(H,28,29)/t21-/m0/s1. The van der Waals surface area contributed by atoms with Crippen molar-refractivity contribution in [3.05, 3.63) is 100 Å². The highest BCUT2D eigenvalue weighted by atomic mass is 16.5. The summed E-state index contributed by atoms with van der Waals surface area (Å²) in [7, 11) is 0. The zero-order valence-corrected chi connectivity index (χ0v) is 16.1. The van der Waals surface area contributed by atoms with Crippen molar-refractivity contribution >= 4 is 16.7 Å². The van der Waals surface area contributed by atoms with Gasteiger partial charge < -0.3 is 9.84 Å². The van der Waals surface area contributed by atoms with Crippen molar-refractivity contribution in [3.63, 3.8) is 0 Å². The van der Waals surface area contributed by atoms with Crippen LogP contribution in [0.3, 0.4) is 0 Å². The topological polar surface area (TPSA) is 68.5 Å². The number of aromatic nitrogens is 1. The van der Waals surface area contributed by atoms with Crippen LogP contribution in [0.1, 0.15) is 17.2 Å². The van der Waals surface area contributed by atoms with Gasteiger partial charge >= 0.3 is 5.97 Å². The Kier molecular flexibility index (Phi) is 4.36. The lowest BCUT2D eigenvalue weighted by Gasteiger charge is -2.16. The summed E-state index contributed by atoms with van der Waals surface area (Å²) in [5.74, 6) is -0.743. The Hall–Kier alpha value is -3.86. The van der Waals surface area contributed by atoms with Crippen LogP contribution in [0.4, 0.5) is 0 Å². The van der Waals surface area contributed by atoms with Crippen molar-refractivity contribution in [2.45, 2.75) is 12.5 Å². The van der Waals surface area contributed by atoms with Gasteiger partial charge in [0.05, 0.1) is 0 Å². The van der Waals surface area contributed by atoms with Crippen molar-refractivity contribution in [2.75, 3.05) is 6.61 Å². The summed E-state index contributed by atoms with van der Waals surface area (Å²) in [5.41, 5.74) is 3.22. The number of nitrogens with zero attached hydrogens (tertiary/aromatic N) is 1. The minimum absolute atomic E-state index is 0.0534. The van der Waals surface area contributed by atoms with E-state index in [4.69, 9.17) is 4.74 Å². The number of hydrogen-bond acceptors (Lipinski definition) is 3. The molecule has 30 heavy (non-hydrogen) atoms. The molecule has 0 radical (unpaired) electrons. The van der Waals surface area contributed by atoms with Gasteiger partial charge in [-0.3, -0.25) is 9.36 Å². The largest absolute Gasteiger partial charge is 0.480 e. The van der Waals surface area contributed by atoms with E-state index in [0.29, 0.717) is 12.3 Å². The van der Waals surface area contributed by atoms with Crippen LogP contribution in [0.25, 0.3) is 21.9 Å². The molecular formula is C25H19NO4. The summed E-state index contributed by atoms with van der Waals surface area (Å²) in [6.45, 7) is -0.0534. The first kappa shape index (κ1) is 18.2. The van der Waals surface area contributed by atoms with Gasteiger partial charge in [-0.05, 0) is 33.9 Å². The van der Waals surface area contributed by atoms with Crippen LogP contribution < -0.4 is 10.3 Å². The lowest BCUT2D eigenvalue weighted by atomic mass is 9.93. The predicted molar refractivity (Wildman–Crippen MR) is 115 cm³/mol. The summed E-state index contributed by atoms with van der Waals surface area (Å²) in [5, 5.41) is 11.8. The SMILES string of the molecule is O=C(O)[C@@H]1COc2c(-c3ccccc3)c(Cc3cccc4ccccc34)cc(=O)n21. The molecule has 2 heterocycles. The fourth-order valence-corrected chi connectivity index (χ4v) is 4.20. The van der Waals surface area contributed by atoms with Crippen LogP contribution in [0.2, 0.25) is 0 Å². The molecule has 5 heteroatoms. The van der Waals surface area contributed by atoms with Crippen LogP contribution in [-0.4, -0.2) is 22.2 Å². The number of carboxylic acids is 1. The molecule has 3 aromatic carbocycles. The van der Waals surface area contributed by atoms with Gasteiger partial charge in [0.25, 0.3) is 5.56 Å². The molecular weight excluding hydrogens is 378 g/mol. The number of pyridine rings is 1. The second-order valence-electron chi connectivity index (χ2n) is 7.40. The number of fused-ring (bicyclic) bond motifs is 2. The third kappa shape index (κ3) is 2.95. The van der Waals surface area contributed by atoms with Gasteiger partial charge in [-0.1, -0.05) is 72.8 Å². The highest BCUT2D eigenvalue weighted by Gasteiger charge is 2.34. The smallest absolute Gasteiger partial charge is 0.330 e. The Morgan fingerprint density at radius 2 is 1.70 bits per heavy atom. The first-order valence-electron chi connectivity index (χ1n) is 9.79. The molecule has 0 spiro atoms. The van der Waals surface area contributed by atoms with Gasteiger partial charge in [-0.15, -0.1) is 0 Å². The number of hydrogen-bond donors (Lipinski definition) is 1. The van der Waals surface area contributed by atoms with Crippen molar-refractivity contribution in [2.24, 2.45) is 0 Å². The maximum atomic E-state index is 12.9. The molecule has 5 nitrogen and oxygen atoms in total. The van der Waals surface area contributed by atoms with E-state index in [0.717, 1.165) is 33.0 Å². The van der Waals surface area contributed by atoms with E-state index in [1.807, 2.05) is 48.5 Å². The van der Waals surface area contributed by atoms with Crippen LogP contribution >= 0.6 is 0 Å². The van der Waals surface area contributed by atoms with Crippen LogP contribution in [-0.2, 0) is 11.2 Å². The minimum atomic E-state index is -1.07. The van der Waals surface area contributed by atoms with Gasteiger partial charge in [-0.25, -0.2) is 4.79 Å². The lowest BCUT2D eigenvalue weighted by Crippen LogP contribution is -2.27. The van der Waals surface area contributed by atoms with Crippen LogP contribution in [0, 0.1) is 0 Å². The average Bonchev–Trinajstić information content (AvgIpc) is 3.21. The fourth-order valence-electron chi connectivity index (χ4n) is 4.20. The monoisotopic (exact) mass is 397 g/mol. The molecule has 1 atom stereocenters. The predicted octanol–water partition coefficient (Wildman–Crippen LogP) is 4.28. The van der Waals surface area contributed by atoms with Gasteiger partial charge in [0, 0.05) is 11.6 Å². The molecule has 1 aliphatic heterocycles. The fraction of sp³-hybridized carbons (Fsp3) is 0.120. The Balaban J connectivity index is 1.74. The Labute approximate surface area is 172 Å². The van der Waals surface area contributed by atoms with Crippen molar-refractivity contribution in [3.8, 4) is 17.0 Å². The maximum absolute atomic E-state index is 12.9. The Morgan fingerprint density at radius 3 is 2.50 bits per heavy atom. The van der Waals surface area contributed by atoms with Crippen LogP contribution in [0.15, 0.2) is 83.7 Å². The number of carbonyl (C=O) groups is 1. The molecule has 1 aromatic heterocycles. The molecule has 0 fully saturated rings. The molecule has 0 amide bonds. The summed E-state index contributed by atoms with van der Waals surface area (Å²) in [4.78, 5) is 24.6. The lowest BCUT2D eigenvalue weighted by molar-refractivity contribution is -0.140. The average molecular weight is 397 g/mol. The molecule has 0 saturated heterocycles. The Bertz CT molecular complexity index is 1320. The van der Waals surface area contributed by atoms with E-state index in [1.165, 1.54) is 4.57 Å². The van der Waals surface area contributed by atoms with E-state index in [2.05, 4.69) is 24.3 Å². The summed E-state index contributed by atoms with van der Waals surface area (Å²) in [6, 6.07) is 24.5. The molecule has 0 aliphatic carbocycles. The maximum Gasteiger partial charge on any atom is 0.330 e. The normalized spacial score (nSPS) is 15.0. The number of aliphatic carboxylic acids is 1. The third-order valence-electron chi connectivity index (χ3n) is 5.59. The zero-order valence-electron chi connectivity index (χ0n) is 16.1. The van der Waals surface area contributed by atoms with Gasteiger partial charge in [0.2, 0.25) is 5.88 Å². The number of rotatable bonds is 4. The quantitative estimate of drug-likeness (QED) is 0.558. The second kappa shape index (κ2) is 7.19. The number of ether oxygens (including phenoxy) is 1. The van der Waals surface area contributed by atoms with E-state index >= 15 is 0 Å². The van der Waals surface area contributed by atoms with Gasteiger partial charge in [-0.2, -0.15) is 0 Å². The van der Waals surface area contributed by atoms with Gasteiger partial charge in [0.15, 0.2) is 6.04 Å². The zero-order chi connectivity index (χ0) is 20.7. The number of carboxylic acid groups (broad SMARTS) is 1. The Morgan fingerprint density at radius 1 is 0.967 bits per heavy atom. The molecule has 5 rings (SSSR count). The van der Waals surface area contributed by atoms with E-state index in [1.54, 1.807) is 6.07 Å². The first-order valence-corrected chi connectivity index (χ1v) is 9.79.